The van der Waals surface area contributed by atoms with Gasteiger partial charge in [0.1, 0.15) is 22.6 Å². The van der Waals surface area contributed by atoms with Gasteiger partial charge < -0.3 is 14.8 Å². The number of fused-ring (bicyclic) bond motifs is 2. The fourth-order valence-corrected chi connectivity index (χ4v) is 4.37. The Morgan fingerprint density at radius 3 is 2.18 bits per heavy atom. The Morgan fingerprint density at radius 1 is 0.842 bits per heavy atom. The zero-order valence-electron chi connectivity index (χ0n) is 22.0. The molecular formula is C30H33N3O5. The zero-order valence-corrected chi connectivity index (χ0v) is 22.0. The highest BCUT2D eigenvalue weighted by Gasteiger charge is 2.38. The molecule has 2 atom stereocenters. The molecule has 8 nitrogen and oxygen atoms in total. The molecule has 198 valence electrons. The Bertz CT molecular complexity index is 1320. The highest BCUT2D eigenvalue weighted by Crippen LogP contribution is 2.39. The number of nitrogens with one attached hydrogen (secondary N) is 3. The second-order valence-corrected chi connectivity index (χ2v) is 10.6. The predicted octanol–water partition coefficient (Wildman–Crippen LogP) is 4.79. The first-order valence-electron chi connectivity index (χ1n) is 12.5. The van der Waals surface area contributed by atoms with Crippen molar-refractivity contribution in [2.45, 2.75) is 57.6 Å². The van der Waals surface area contributed by atoms with E-state index in [9.17, 15) is 14.4 Å². The van der Waals surface area contributed by atoms with Gasteiger partial charge in [-0.25, -0.2) is 4.79 Å². The van der Waals surface area contributed by atoms with Crippen LogP contribution in [0.1, 0.15) is 50.3 Å². The van der Waals surface area contributed by atoms with Crippen molar-refractivity contribution in [2.75, 3.05) is 0 Å². The number of ether oxygens (including phenoxy) is 2. The summed E-state index contributed by atoms with van der Waals surface area (Å²) in [6, 6.07) is 24.2. The molecule has 8 heteroatoms. The smallest absolute Gasteiger partial charge is 0.408 e. The molecule has 0 spiro atoms. The minimum atomic E-state index is -1.41. The van der Waals surface area contributed by atoms with Crippen molar-refractivity contribution in [3.05, 3.63) is 95.6 Å². The van der Waals surface area contributed by atoms with Gasteiger partial charge in [-0.05, 0) is 57.4 Å². The third kappa shape index (κ3) is 6.51. The van der Waals surface area contributed by atoms with Crippen molar-refractivity contribution >= 4 is 17.9 Å². The Balaban J connectivity index is 1.53. The average molecular weight is 516 g/mol. The van der Waals surface area contributed by atoms with Gasteiger partial charge >= 0.3 is 6.09 Å². The lowest BCUT2D eigenvalue weighted by Gasteiger charge is -2.31. The van der Waals surface area contributed by atoms with E-state index >= 15 is 0 Å². The third-order valence-electron chi connectivity index (χ3n) is 6.21. The van der Waals surface area contributed by atoms with Crippen LogP contribution in [0.2, 0.25) is 0 Å². The predicted molar refractivity (Wildman–Crippen MR) is 144 cm³/mol. The molecule has 4 rings (SSSR count). The zero-order chi connectivity index (χ0) is 27.3. The number of carbonyl (C=O) groups excluding carboxylic acids is 3. The molecule has 3 N–H and O–H groups in total. The SMILES string of the molecule is CC(C)(C)OC(=O)N[C@](C)(Cc1ccccc1)C(=O)NNC(=O)C1Cc2ccccc2Oc2ccccc21. The van der Waals surface area contributed by atoms with Gasteiger partial charge in [0, 0.05) is 12.0 Å². The number of hydrazine groups is 1. The molecule has 0 aliphatic carbocycles. The highest BCUT2D eigenvalue weighted by molar-refractivity contribution is 5.93. The molecule has 0 bridgehead atoms. The molecule has 3 amide bonds. The number of benzene rings is 3. The van der Waals surface area contributed by atoms with Gasteiger partial charge in [-0.15, -0.1) is 0 Å². The molecule has 3 aromatic rings. The van der Waals surface area contributed by atoms with E-state index in [1.54, 1.807) is 27.7 Å². The van der Waals surface area contributed by atoms with Crippen LogP contribution in [0.3, 0.4) is 0 Å². The number of amides is 3. The summed E-state index contributed by atoms with van der Waals surface area (Å²) in [6.07, 6.45) is -0.155. The fourth-order valence-electron chi connectivity index (χ4n) is 4.37. The first kappa shape index (κ1) is 26.7. The Kier molecular flexibility index (Phi) is 7.71. The Labute approximate surface area is 222 Å². The number of hydrogen-bond donors (Lipinski definition) is 3. The Morgan fingerprint density at radius 2 is 1.47 bits per heavy atom. The number of rotatable bonds is 5. The first-order valence-corrected chi connectivity index (χ1v) is 12.5. The summed E-state index contributed by atoms with van der Waals surface area (Å²) in [7, 11) is 0. The van der Waals surface area contributed by atoms with E-state index in [1.807, 2.05) is 78.9 Å². The van der Waals surface area contributed by atoms with Crippen LogP contribution < -0.4 is 20.9 Å². The summed E-state index contributed by atoms with van der Waals surface area (Å²) in [5.74, 6) is -0.306. The number of para-hydroxylation sites is 2. The second kappa shape index (κ2) is 11.0. The molecule has 0 radical (unpaired) electrons. The van der Waals surface area contributed by atoms with Gasteiger partial charge in [-0.1, -0.05) is 66.7 Å². The van der Waals surface area contributed by atoms with Crippen molar-refractivity contribution in [3.63, 3.8) is 0 Å². The molecule has 1 heterocycles. The summed E-state index contributed by atoms with van der Waals surface area (Å²) >= 11 is 0. The van der Waals surface area contributed by atoms with E-state index in [0.717, 1.165) is 16.7 Å². The van der Waals surface area contributed by atoms with Crippen LogP contribution in [0, 0.1) is 0 Å². The van der Waals surface area contributed by atoms with Crippen LogP contribution in [0.4, 0.5) is 4.79 Å². The molecule has 0 aromatic heterocycles. The summed E-state index contributed by atoms with van der Waals surface area (Å²) in [5.41, 5.74) is 5.40. The van der Waals surface area contributed by atoms with Crippen molar-refractivity contribution in [2.24, 2.45) is 0 Å². The van der Waals surface area contributed by atoms with E-state index in [2.05, 4.69) is 16.2 Å². The van der Waals surface area contributed by atoms with Gasteiger partial charge in [-0.3, -0.25) is 20.4 Å². The largest absolute Gasteiger partial charge is 0.457 e. The molecule has 1 aliphatic heterocycles. The van der Waals surface area contributed by atoms with Crippen molar-refractivity contribution < 1.29 is 23.9 Å². The summed E-state index contributed by atoms with van der Waals surface area (Å²) in [5, 5.41) is 2.70. The van der Waals surface area contributed by atoms with Crippen LogP contribution in [0.5, 0.6) is 11.5 Å². The molecule has 0 saturated heterocycles. The minimum absolute atomic E-state index is 0.183. The van der Waals surface area contributed by atoms with Gasteiger partial charge in [0.15, 0.2) is 0 Å². The van der Waals surface area contributed by atoms with E-state index in [0.29, 0.717) is 17.9 Å². The van der Waals surface area contributed by atoms with Crippen molar-refractivity contribution in [1.29, 1.82) is 0 Å². The number of hydrogen-bond acceptors (Lipinski definition) is 5. The summed E-state index contributed by atoms with van der Waals surface area (Å²) in [6.45, 7) is 6.83. The van der Waals surface area contributed by atoms with Crippen LogP contribution in [0.15, 0.2) is 78.9 Å². The molecule has 0 fully saturated rings. The molecular weight excluding hydrogens is 482 g/mol. The van der Waals surface area contributed by atoms with Gasteiger partial charge in [-0.2, -0.15) is 0 Å². The van der Waals surface area contributed by atoms with Crippen LogP contribution in [-0.4, -0.2) is 29.0 Å². The highest BCUT2D eigenvalue weighted by atomic mass is 16.6. The summed E-state index contributed by atoms with van der Waals surface area (Å²) < 4.78 is 11.5. The van der Waals surface area contributed by atoms with Crippen LogP contribution in [0.25, 0.3) is 0 Å². The topological polar surface area (TPSA) is 106 Å². The monoisotopic (exact) mass is 515 g/mol. The normalized spacial score (nSPS) is 15.8. The van der Waals surface area contributed by atoms with Gasteiger partial charge in [0.25, 0.3) is 5.91 Å². The van der Waals surface area contributed by atoms with E-state index in [4.69, 9.17) is 9.47 Å². The standard InChI is InChI=1S/C30H33N3O5/c1-29(2,3)38-28(36)31-30(4,19-20-12-6-5-7-13-20)27(35)33-32-26(34)23-18-21-14-8-10-16-24(21)37-25-17-11-9-15-22(23)25/h5-17,23H,18-19H2,1-4H3,(H,31,36)(H,32,34)(H,33,35)/t23?,30-/m1/s1. The number of alkyl carbamates (subject to hydrolysis) is 1. The Hall–Kier alpha value is -4.33. The quantitative estimate of drug-likeness (QED) is 0.424. The third-order valence-corrected chi connectivity index (χ3v) is 6.21. The average Bonchev–Trinajstić information content (AvgIpc) is 3.03. The number of carbonyl (C=O) groups is 3. The van der Waals surface area contributed by atoms with Gasteiger partial charge in [0.05, 0.1) is 5.92 Å². The molecule has 38 heavy (non-hydrogen) atoms. The van der Waals surface area contributed by atoms with Crippen molar-refractivity contribution in [1.82, 2.24) is 16.2 Å². The molecule has 1 aliphatic rings. The lowest BCUT2D eigenvalue weighted by atomic mass is 9.91. The van der Waals surface area contributed by atoms with E-state index in [-0.39, 0.29) is 6.42 Å². The maximum absolute atomic E-state index is 13.4. The minimum Gasteiger partial charge on any atom is -0.457 e. The maximum Gasteiger partial charge on any atom is 0.408 e. The fraction of sp³-hybridized carbons (Fsp3) is 0.300. The first-order chi connectivity index (χ1) is 18.0. The lowest BCUT2D eigenvalue weighted by molar-refractivity contribution is -0.133. The van der Waals surface area contributed by atoms with Gasteiger partial charge in [0.2, 0.25) is 5.91 Å². The lowest BCUT2D eigenvalue weighted by Crippen LogP contribution is -2.62. The molecule has 0 saturated carbocycles. The van der Waals surface area contributed by atoms with E-state index in [1.165, 1.54) is 0 Å². The van der Waals surface area contributed by atoms with E-state index < -0.39 is 35.0 Å². The second-order valence-electron chi connectivity index (χ2n) is 10.6. The van der Waals surface area contributed by atoms with Crippen LogP contribution >= 0.6 is 0 Å². The summed E-state index contributed by atoms with van der Waals surface area (Å²) in [4.78, 5) is 39.5. The molecule has 1 unspecified atom stereocenters. The molecule has 3 aromatic carbocycles. The van der Waals surface area contributed by atoms with Crippen molar-refractivity contribution in [3.8, 4) is 11.5 Å². The van der Waals surface area contributed by atoms with Crippen LogP contribution in [-0.2, 0) is 27.2 Å². The maximum atomic E-state index is 13.4.